The molecule has 3 aromatic rings. The fourth-order valence-electron chi connectivity index (χ4n) is 5.40. The van der Waals surface area contributed by atoms with Gasteiger partial charge in [0.25, 0.3) is 5.91 Å². The van der Waals surface area contributed by atoms with Crippen molar-refractivity contribution >= 4 is 16.9 Å². The number of nitrogens with one attached hydrogen (secondary N) is 2. The molecule has 2 N–H and O–H groups in total. The number of carbonyl (C=O) groups is 1. The molecule has 1 aromatic carbocycles. The first kappa shape index (κ1) is 17.5. The maximum absolute atomic E-state index is 12.6. The van der Waals surface area contributed by atoms with Crippen molar-refractivity contribution in [3.05, 3.63) is 48.0 Å². The number of fused-ring (bicyclic) bond motifs is 3. The Morgan fingerprint density at radius 3 is 3.00 bits per heavy atom. The average molecular weight is 377 g/mol. The van der Waals surface area contributed by atoms with Crippen LogP contribution in [0, 0.1) is 23.2 Å². The molecule has 6 heteroatoms. The highest BCUT2D eigenvalue weighted by molar-refractivity contribution is 5.92. The van der Waals surface area contributed by atoms with Gasteiger partial charge in [-0.15, -0.1) is 0 Å². The summed E-state index contributed by atoms with van der Waals surface area (Å²) in [6.07, 6.45) is 5.69. The molecule has 3 aliphatic carbocycles. The number of hydrogen-bond acceptors (Lipinski definition) is 3. The van der Waals surface area contributed by atoms with E-state index in [-0.39, 0.29) is 5.91 Å². The summed E-state index contributed by atoms with van der Waals surface area (Å²) >= 11 is 0. The number of aromatic amines is 1. The summed E-state index contributed by atoms with van der Waals surface area (Å²) in [7, 11) is 0. The van der Waals surface area contributed by atoms with E-state index in [2.05, 4.69) is 38.9 Å². The first-order valence-electron chi connectivity index (χ1n) is 10.2. The largest absolute Gasteiger partial charge is 0.350 e. The number of carbonyl (C=O) groups excluding carboxylic acids is 1. The molecule has 0 radical (unpaired) electrons. The van der Waals surface area contributed by atoms with E-state index in [0.717, 1.165) is 35.1 Å². The van der Waals surface area contributed by atoms with Crippen LogP contribution in [-0.2, 0) is 6.54 Å². The molecule has 3 saturated carbocycles. The van der Waals surface area contributed by atoms with Crippen LogP contribution in [0.2, 0.25) is 0 Å². The van der Waals surface area contributed by atoms with Gasteiger partial charge in [0, 0.05) is 6.54 Å². The lowest BCUT2D eigenvalue weighted by Gasteiger charge is -2.60. The number of nitrogens with zero attached hydrogens (tertiary/aromatic N) is 3. The van der Waals surface area contributed by atoms with Gasteiger partial charge in [0.05, 0.1) is 29.6 Å². The minimum atomic E-state index is -0.0859. The van der Waals surface area contributed by atoms with Crippen LogP contribution in [0.15, 0.2) is 36.7 Å². The van der Waals surface area contributed by atoms with Crippen molar-refractivity contribution in [1.29, 1.82) is 0 Å². The first-order chi connectivity index (χ1) is 13.5. The number of imidazole rings is 1. The van der Waals surface area contributed by atoms with E-state index in [0.29, 0.717) is 23.6 Å². The normalized spacial score (nSPS) is 25.4. The highest BCUT2D eigenvalue weighted by Crippen LogP contribution is 2.61. The van der Waals surface area contributed by atoms with Crippen molar-refractivity contribution in [1.82, 2.24) is 25.1 Å². The Morgan fingerprint density at radius 2 is 2.18 bits per heavy atom. The fraction of sp³-hybridized carbons (Fsp3) is 0.500. The molecular weight excluding hydrogens is 350 g/mol. The predicted octanol–water partition coefficient (Wildman–Crippen LogP) is 3.61. The number of hydrogen-bond donors (Lipinski definition) is 2. The third-order valence-corrected chi connectivity index (χ3v) is 7.26. The van der Waals surface area contributed by atoms with Gasteiger partial charge in [0.15, 0.2) is 0 Å². The minimum Gasteiger partial charge on any atom is -0.350 e. The molecule has 3 aliphatic rings. The van der Waals surface area contributed by atoms with Crippen LogP contribution >= 0.6 is 0 Å². The monoisotopic (exact) mass is 377 g/mol. The van der Waals surface area contributed by atoms with E-state index < -0.39 is 0 Å². The number of amides is 1. The Bertz CT molecular complexity index is 1010. The zero-order valence-electron chi connectivity index (χ0n) is 16.5. The van der Waals surface area contributed by atoms with Gasteiger partial charge in [-0.25, -0.2) is 4.98 Å². The van der Waals surface area contributed by atoms with Crippen LogP contribution in [0.25, 0.3) is 11.0 Å². The molecular formula is C22H27N5O. The topological polar surface area (TPSA) is 75.6 Å². The Morgan fingerprint density at radius 1 is 1.32 bits per heavy atom. The molecule has 0 saturated heterocycles. The number of benzene rings is 1. The first-order valence-corrected chi connectivity index (χ1v) is 10.2. The minimum absolute atomic E-state index is 0.0859. The molecule has 3 fully saturated rings. The van der Waals surface area contributed by atoms with E-state index in [1.807, 2.05) is 36.7 Å². The van der Waals surface area contributed by atoms with E-state index in [4.69, 9.17) is 0 Å². The highest BCUT2D eigenvalue weighted by Gasteiger charge is 2.53. The molecule has 146 valence electrons. The van der Waals surface area contributed by atoms with Crippen molar-refractivity contribution < 1.29 is 4.79 Å². The summed E-state index contributed by atoms with van der Waals surface area (Å²) in [4.78, 5) is 17.0. The standard InChI is InChI=1S/C22H27N5O/c1-22(2)15-8-7-14(17(22)9-15)11-23-21(28)19-10-16(25-26-19)12-27-13-24-18-5-3-4-6-20(18)27/h3-6,10,13-15,17H,7-9,11-12H2,1-2H3,(H,23,28)(H,25,26)/t14-,15-,17-/m1/s1. The Labute approximate surface area is 164 Å². The molecule has 6 rings (SSSR count). The van der Waals surface area contributed by atoms with Crippen molar-refractivity contribution in [3.63, 3.8) is 0 Å². The molecule has 1 amide bonds. The molecule has 2 bridgehead atoms. The van der Waals surface area contributed by atoms with Gasteiger partial charge in [-0.3, -0.25) is 9.89 Å². The zero-order valence-corrected chi connectivity index (χ0v) is 16.5. The molecule has 2 aromatic heterocycles. The van der Waals surface area contributed by atoms with E-state index >= 15 is 0 Å². The highest BCUT2D eigenvalue weighted by atomic mass is 16.1. The number of rotatable bonds is 5. The molecule has 6 nitrogen and oxygen atoms in total. The van der Waals surface area contributed by atoms with Gasteiger partial charge < -0.3 is 9.88 Å². The lowest BCUT2D eigenvalue weighted by atomic mass is 9.45. The third kappa shape index (κ3) is 2.82. The quantitative estimate of drug-likeness (QED) is 0.713. The third-order valence-electron chi connectivity index (χ3n) is 7.26. The lowest BCUT2D eigenvalue weighted by Crippen LogP contribution is -2.54. The summed E-state index contributed by atoms with van der Waals surface area (Å²) < 4.78 is 2.06. The van der Waals surface area contributed by atoms with Gasteiger partial charge in [0.1, 0.15) is 5.69 Å². The second-order valence-electron chi connectivity index (χ2n) is 9.05. The van der Waals surface area contributed by atoms with Gasteiger partial charge in [0.2, 0.25) is 0 Å². The maximum atomic E-state index is 12.6. The van der Waals surface area contributed by atoms with Crippen molar-refractivity contribution in [2.45, 2.75) is 39.7 Å². The number of H-pyrrole nitrogens is 1. The summed E-state index contributed by atoms with van der Waals surface area (Å²) in [6.45, 7) is 6.15. The number of para-hydroxylation sites is 2. The van der Waals surface area contributed by atoms with E-state index in [9.17, 15) is 4.79 Å². The average Bonchev–Trinajstić information content (AvgIpc) is 3.34. The summed E-state index contributed by atoms with van der Waals surface area (Å²) in [5.74, 6) is 2.14. The summed E-state index contributed by atoms with van der Waals surface area (Å²) in [5, 5.41) is 10.3. The van der Waals surface area contributed by atoms with E-state index in [1.165, 1.54) is 19.3 Å². The van der Waals surface area contributed by atoms with Crippen LogP contribution in [0.4, 0.5) is 0 Å². The Kier molecular flexibility index (Phi) is 4.03. The second-order valence-corrected chi connectivity index (χ2v) is 9.05. The Balaban J connectivity index is 1.22. The van der Waals surface area contributed by atoms with Crippen LogP contribution in [-0.4, -0.2) is 32.2 Å². The molecule has 0 spiro atoms. The molecule has 0 aliphatic heterocycles. The second kappa shape index (κ2) is 6.47. The van der Waals surface area contributed by atoms with Gasteiger partial charge >= 0.3 is 0 Å². The van der Waals surface area contributed by atoms with Crippen LogP contribution in [0.1, 0.15) is 49.3 Å². The fourth-order valence-corrected chi connectivity index (χ4v) is 5.40. The van der Waals surface area contributed by atoms with Crippen molar-refractivity contribution in [2.75, 3.05) is 6.54 Å². The van der Waals surface area contributed by atoms with Crippen LogP contribution in [0.5, 0.6) is 0 Å². The molecule has 2 heterocycles. The van der Waals surface area contributed by atoms with Crippen LogP contribution < -0.4 is 5.32 Å². The molecule has 0 unspecified atom stereocenters. The van der Waals surface area contributed by atoms with Crippen molar-refractivity contribution in [2.24, 2.45) is 23.2 Å². The van der Waals surface area contributed by atoms with E-state index in [1.54, 1.807) is 0 Å². The lowest BCUT2D eigenvalue weighted by molar-refractivity contribution is -0.103. The maximum Gasteiger partial charge on any atom is 0.271 e. The Hall–Kier alpha value is -2.63. The smallest absolute Gasteiger partial charge is 0.271 e. The number of aromatic nitrogens is 4. The van der Waals surface area contributed by atoms with Gasteiger partial charge in [-0.1, -0.05) is 26.0 Å². The predicted molar refractivity (Wildman–Crippen MR) is 108 cm³/mol. The van der Waals surface area contributed by atoms with Gasteiger partial charge in [-0.2, -0.15) is 5.10 Å². The SMILES string of the molecule is CC1(C)[C@@H]2CC[C@H](CNC(=O)c3cc(Cn4cnc5ccccc54)[nH]n3)[C@H]1C2. The van der Waals surface area contributed by atoms with Gasteiger partial charge in [-0.05, 0) is 60.6 Å². The van der Waals surface area contributed by atoms with Crippen molar-refractivity contribution in [3.8, 4) is 0 Å². The van der Waals surface area contributed by atoms with Crippen LogP contribution in [0.3, 0.4) is 0 Å². The summed E-state index contributed by atoms with van der Waals surface area (Å²) in [5.41, 5.74) is 3.84. The zero-order chi connectivity index (χ0) is 19.3. The molecule has 28 heavy (non-hydrogen) atoms. The summed E-state index contributed by atoms with van der Waals surface area (Å²) in [6, 6.07) is 9.87. The molecule has 3 atom stereocenters.